The van der Waals surface area contributed by atoms with Crippen LogP contribution in [0.4, 0.5) is 4.39 Å². The molecule has 0 radical (unpaired) electrons. The number of hydrogen-bond donors (Lipinski definition) is 1. The molecule has 0 bridgehead atoms. The highest BCUT2D eigenvalue weighted by atomic mass is 35.5. The van der Waals surface area contributed by atoms with E-state index in [9.17, 15) is 9.50 Å². The molecule has 1 heterocycles. The minimum Gasteiger partial charge on any atom is -0.396 e. The van der Waals surface area contributed by atoms with Crippen LogP contribution in [-0.2, 0) is 13.0 Å². The van der Waals surface area contributed by atoms with Crippen molar-refractivity contribution in [1.29, 1.82) is 0 Å². The van der Waals surface area contributed by atoms with Crippen LogP contribution in [0.3, 0.4) is 0 Å². The minimum atomic E-state index is -0.186. The fourth-order valence-electron chi connectivity index (χ4n) is 3.72. The summed E-state index contributed by atoms with van der Waals surface area (Å²) in [4.78, 5) is 2.25. The van der Waals surface area contributed by atoms with Crippen LogP contribution in [0.2, 0.25) is 5.02 Å². The molecule has 1 saturated heterocycles. The maximum Gasteiger partial charge on any atom is 0.127 e. The molecular weight excluding hydrogens is 325 g/mol. The Morgan fingerprint density at radius 2 is 2.00 bits per heavy atom. The first-order chi connectivity index (χ1) is 11.6. The molecule has 0 unspecified atom stereocenters. The zero-order valence-electron chi connectivity index (χ0n) is 13.7. The average molecular weight is 348 g/mol. The highest BCUT2D eigenvalue weighted by molar-refractivity contribution is 6.30. The van der Waals surface area contributed by atoms with Gasteiger partial charge in [0.15, 0.2) is 0 Å². The van der Waals surface area contributed by atoms with Gasteiger partial charge < -0.3 is 5.11 Å². The first kappa shape index (κ1) is 17.4. The van der Waals surface area contributed by atoms with Crippen molar-refractivity contribution >= 4 is 11.6 Å². The zero-order chi connectivity index (χ0) is 17.0. The van der Waals surface area contributed by atoms with E-state index in [4.69, 9.17) is 11.6 Å². The van der Waals surface area contributed by atoms with Crippen molar-refractivity contribution in [3.63, 3.8) is 0 Å². The lowest BCUT2D eigenvalue weighted by atomic mass is 9.75. The van der Waals surface area contributed by atoms with Crippen LogP contribution in [0.25, 0.3) is 0 Å². The van der Waals surface area contributed by atoms with E-state index in [0.717, 1.165) is 42.9 Å². The molecule has 2 aromatic rings. The molecular formula is C20H23ClFNO. The van der Waals surface area contributed by atoms with Crippen molar-refractivity contribution in [2.24, 2.45) is 5.41 Å². The zero-order valence-corrected chi connectivity index (χ0v) is 14.5. The van der Waals surface area contributed by atoms with E-state index in [0.29, 0.717) is 12.1 Å². The van der Waals surface area contributed by atoms with Crippen LogP contribution < -0.4 is 0 Å². The number of nitrogens with zero attached hydrogens (tertiary/aromatic N) is 1. The second kappa shape index (κ2) is 7.64. The van der Waals surface area contributed by atoms with E-state index < -0.39 is 0 Å². The standard InChI is InChI=1S/C20H23ClFNO/c21-18-7-3-5-16(11-18)12-20(15-24)9-4-10-23(14-20)13-17-6-1-2-8-19(17)22/h1-3,5-8,11,24H,4,9-10,12-15H2/t20-/m0/s1. The van der Waals surface area contributed by atoms with E-state index in [-0.39, 0.29) is 17.8 Å². The van der Waals surface area contributed by atoms with Crippen LogP contribution in [0.1, 0.15) is 24.0 Å². The van der Waals surface area contributed by atoms with Gasteiger partial charge in [-0.25, -0.2) is 4.39 Å². The quantitative estimate of drug-likeness (QED) is 0.871. The molecule has 2 nitrogen and oxygen atoms in total. The lowest BCUT2D eigenvalue weighted by Crippen LogP contribution is -2.46. The van der Waals surface area contributed by atoms with E-state index in [1.807, 2.05) is 30.3 Å². The van der Waals surface area contributed by atoms with Crippen LogP contribution in [0.15, 0.2) is 48.5 Å². The van der Waals surface area contributed by atoms with Gasteiger partial charge in [0.2, 0.25) is 0 Å². The van der Waals surface area contributed by atoms with E-state index >= 15 is 0 Å². The first-order valence-corrected chi connectivity index (χ1v) is 8.79. The van der Waals surface area contributed by atoms with Crippen molar-refractivity contribution in [3.8, 4) is 0 Å². The van der Waals surface area contributed by atoms with Crippen LogP contribution >= 0.6 is 11.6 Å². The predicted molar refractivity (Wildman–Crippen MR) is 95.6 cm³/mol. The fraction of sp³-hybridized carbons (Fsp3) is 0.400. The Labute approximate surface area is 147 Å². The summed E-state index contributed by atoms with van der Waals surface area (Å²) >= 11 is 6.09. The van der Waals surface area contributed by atoms with Crippen LogP contribution in [-0.4, -0.2) is 29.7 Å². The molecule has 4 heteroatoms. The van der Waals surface area contributed by atoms with Crippen molar-refractivity contribution in [2.75, 3.05) is 19.7 Å². The summed E-state index contributed by atoms with van der Waals surface area (Å²) in [5.74, 6) is -0.160. The number of aliphatic hydroxyl groups excluding tert-OH is 1. The number of benzene rings is 2. The first-order valence-electron chi connectivity index (χ1n) is 8.41. The van der Waals surface area contributed by atoms with Gasteiger partial charge in [-0.1, -0.05) is 41.9 Å². The Bertz CT molecular complexity index is 693. The molecule has 0 saturated carbocycles. The van der Waals surface area contributed by atoms with Gasteiger partial charge in [0.1, 0.15) is 5.82 Å². The Morgan fingerprint density at radius 3 is 2.75 bits per heavy atom. The van der Waals surface area contributed by atoms with Gasteiger partial charge in [-0.3, -0.25) is 4.90 Å². The predicted octanol–water partition coefficient (Wildman–Crippen LogP) is 4.30. The summed E-state index contributed by atoms with van der Waals surface area (Å²) in [5, 5.41) is 10.8. The van der Waals surface area contributed by atoms with Gasteiger partial charge in [0.25, 0.3) is 0 Å². The summed E-state index contributed by atoms with van der Waals surface area (Å²) in [6, 6.07) is 14.8. The normalized spacial score (nSPS) is 21.8. The summed E-state index contributed by atoms with van der Waals surface area (Å²) in [5.41, 5.74) is 1.67. The Kier molecular flexibility index (Phi) is 5.54. The maximum absolute atomic E-state index is 13.9. The van der Waals surface area contributed by atoms with E-state index in [2.05, 4.69) is 11.0 Å². The van der Waals surface area contributed by atoms with Gasteiger partial charge in [-0.15, -0.1) is 0 Å². The highest BCUT2D eigenvalue weighted by Crippen LogP contribution is 2.34. The SMILES string of the molecule is OC[C@]1(Cc2cccc(Cl)c2)CCCN(Cc2ccccc2F)C1. The number of hydrogen-bond acceptors (Lipinski definition) is 2. The molecule has 0 spiro atoms. The second-order valence-electron chi connectivity index (χ2n) is 6.87. The monoisotopic (exact) mass is 347 g/mol. The van der Waals surface area contributed by atoms with Crippen molar-refractivity contribution < 1.29 is 9.50 Å². The van der Waals surface area contributed by atoms with Gasteiger partial charge in [-0.2, -0.15) is 0 Å². The average Bonchev–Trinajstić information content (AvgIpc) is 2.57. The Balaban J connectivity index is 1.73. The summed E-state index contributed by atoms with van der Waals surface area (Å²) in [6.07, 6.45) is 2.77. The molecule has 0 amide bonds. The van der Waals surface area contributed by atoms with Gasteiger partial charge in [0, 0.05) is 29.1 Å². The maximum atomic E-state index is 13.9. The number of rotatable bonds is 5. The molecule has 1 aliphatic heterocycles. The molecule has 0 aliphatic carbocycles. The third-order valence-electron chi connectivity index (χ3n) is 4.90. The lowest BCUT2D eigenvalue weighted by molar-refractivity contribution is 0.0284. The smallest absolute Gasteiger partial charge is 0.127 e. The Hall–Kier alpha value is -1.42. The molecule has 2 aromatic carbocycles. The van der Waals surface area contributed by atoms with Gasteiger partial charge >= 0.3 is 0 Å². The summed E-state index contributed by atoms with van der Waals surface area (Å²) < 4.78 is 13.9. The largest absolute Gasteiger partial charge is 0.396 e. The van der Waals surface area contributed by atoms with Crippen molar-refractivity contribution in [2.45, 2.75) is 25.8 Å². The molecule has 3 rings (SSSR count). The second-order valence-corrected chi connectivity index (χ2v) is 7.31. The number of aliphatic hydroxyl groups is 1. The third kappa shape index (κ3) is 4.15. The van der Waals surface area contributed by atoms with Crippen molar-refractivity contribution in [1.82, 2.24) is 4.90 Å². The number of halogens is 2. The highest BCUT2D eigenvalue weighted by Gasteiger charge is 2.35. The summed E-state index contributed by atoms with van der Waals surface area (Å²) in [7, 11) is 0. The Morgan fingerprint density at radius 1 is 1.17 bits per heavy atom. The lowest BCUT2D eigenvalue weighted by Gasteiger charge is -2.42. The molecule has 1 aliphatic rings. The molecule has 24 heavy (non-hydrogen) atoms. The van der Waals surface area contributed by atoms with E-state index in [1.54, 1.807) is 6.07 Å². The van der Waals surface area contributed by atoms with Crippen molar-refractivity contribution in [3.05, 3.63) is 70.5 Å². The molecule has 1 N–H and O–H groups in total. The minimum absolute atomic E-state index is 0.132. The number of piperidine rings is 1. The molecule has 128 valence electrons. The third-order valence-corrected chi connectivity index (χ3v) is 5.13. The van der Waals surface area contributed by atoms with Gasteiger partial charge in [0.05, 0.1) is 6.61 Å². The number of likely N-dealkylation sites (tertiary alicyclic amines) is 1. The topological polar surface area (TPSA) is 23.5 Å². The molecule has 0 aromatic heterocycles. The summed E-state index contributed by atoms with van der Waals surface area (Å²) in [6.45, 7) is 2.42. The van der Waals surface area contributed by atoms with Gasteiger partial charge in [-0.05, 0) is 49.6 Å². The molecule has 1 fully saturated rings. The van der Waals surface area contributed by atoms with E-state index in [1.165, 1.54) is 6.07 Å². The fourth-order valence-corrected chi connectivity index (χ4v) is 3.93. The molecule has 1 atom stereocenters. The van der Waals surface area contributed by atoms with Crippen LogP contribution in [0, 0.1) is 11.2 Å². The van der Waals surface area contributed by atoms with Crippen LogP contribution in [0.5, 0.6) is 0 Å².